The molecule has 0 saturated carbocycles. The molecule has 8 nitrogen and oxygen atoms in total. The molecular weight excluding hydrogens is 338 g/mol. The van der Waals surface area contributed by atoms with E-state index in [2.05, 4.69) is 5.16 Å². The Morgan fingerprint density at radius 3 is 2.50 bits per heavy atom. The summed E-state index contributed by atoms with van der Waals surface area (Å²) in [5.41, 5.74) is -0.212. The van der Waals surface area contributed by atoms with E-state index in [-0.39, 0.29) is 23.3 Å². The van der Waals surface area contributed by atoms with E-state index in [1.165, 1.54) is 12.0 Å². The number of carbonyl (C=O) groups excluding carboxylic acids is 1. The third kappa shape index (κ3) is 4.11. The maximum Gasteiger partial charge on any atom is 0.407 e. The zero-order valence-corrected chi connectivity index (χ0v) is 16.4. The van der Waals surface area contributed by atoms with Gasteiger partial charge in [-0.05, 0) is 11.3 Å². The van der Waals surface area contributed by atoms with Crippen LogP contribution in [-0.2, 0) is 9.53 Å². The lowest BCUT2D eigenvalue weighted by Crippen LogP contribution is -2.59. The first-order valence-electron chi connectivity index (χ1n) is 8.85. The first kappa shape index (κ1) is 20.1. The number of carbonyl (C=O) groups is 2. The molecule has 1 saturated heterocycles. The molecular formula is C18H29N3O5. The first-order chi connectivity index (χ1) is 12.1. The van der Waals surface area contributed by atoms with Gasteiger partial charge in [0, 0.05) is 25.7 Å². The minimum Gasteiger partial charge on any atom is -0.468 e. The number of anilines is 1. The van der Waals surface area contributed by atoms with Crippen LogP contribution in [0, 0.1) is 11.3 Å². The highest BCUT2D eigenvalue weighted by atomic mass is 16.5. The fraction of sp³-hybridized carbons (Fsp3) is 0.722. The Morgan fingerprint density at radius 1 is 1.35 bits per heavy atom. The Hall–Kier alpha value is -2.25. The molecule has 1 fully saturated rings. The molecule has 0 radical (unpaired) electrons. The van der Waals surface area contributed by atoms with Crippen molar-refractivity contribution in [2.75, 3.05) is 31.6 Å². The van der Waals surface area contributed by atoms with Gasteiger partial charge in [-0.25, -0.2) is 4.79 Å². The summed E-state index contributed by atoms with van der Waals surface area (Å²) in [6.45, 7) is 11.4. The van der Waals surface area contributed by atoms with Crippen molar-refractivity contribution in [1.82, 2.24) is 10.1 Å². The van der Waals surface area contributed by atoms with Gasteiger partial charge < -0.3 is 24.2 Å². The van der Waals surface area contributed by atoms with Gasteiger partial charge in [-0.2, -0.15) is 0 Å². The molecule has 0 aromatic carbocycles. The molecule has 146 valence electrons. The lowest BCUT2D eigenvalue weighted by molar-refractivity contribution is -0.144. The minimum absolute atomic E-state index is 0.00873. The summed E-state index contributed by atoms with van der Waals surface area (Å²) in [5.74, 6) is 0.226. The lowest BCUT2D eigenvalue weighted by atomic mass is 9.84. The second kappa shape index (κ2) is 7.55. The van der Waals surface area contributed by atoms with Crippen molar-refractivity contribution < 1.29 is 24.0 Å². The number of amides is 1. The summed E-state index contributed by atoms with van der Waals surface area (Å²) in [6, 6.07) is 1.59. The van der Waals surface area contributed by atoms with E-state index in [0.717, 1.165) is 0 Å². The topological polar surface area (TPSA) is 96.1 Å². The average Bonchev–Trinajstić information content (AvgIpc) is 3.02. The highest BCUT2D eigenvalue weighted by Gasteiger charge is 2.39. The van der Waals surface area contributed by atoms with Crippen LogP contribution >= 0.6 is 0 Å². The van der Waals surface area contributed by atoms with E-state index in [1.807, 2.05) is 39.5 Å². The van der Waals surface area contributed by atoms with Crippen LogP contribution in [0.3, 0.4) is 0 Å². The SMILES string of the molecule is COC(=O)C(c1cc(N2CCN(C(=O)O)C(C(C)(C)C)C2)no1)C(C)C. The van der Waals surface area contributed by atoms with Crippen LogP contribution < -0.4 is 4.90 Å². The Kier molecular flexibility index (Phi) is 5.83. The van der Waals surface area contributed by atoms with Crippen LogP contribution in [0.5, 0.6) is 0 Å². The van der Waals surface area contributed by atoms with E-state index in [1.54, 1.807) is 6.07 Å². The molecule has 1 aliphatic rings. The van der Waals surface area contributed by atoms with Gasteiger partial charge in [-0.1, -0.05) is 39.8 Å². The quantitative estimate of drug-likeness (QED) is 0.817. The van der Waals surface area contributed by atoms with Gasteiger partial charge in [0.1, 0.15) is 5.92 Å². The highest BCUT2D eigenvalue weighted by molar-refractivity contribution is 5.77. The van der Waals surface area contributed by atoms with Crippen molar-refractivity contribution in [3.8, 4) is 0 Å². The fourth-order valence-corrected chi connectivity index (χ4v) is 3.38. The van der Waals surface area contributed by atoms with Crippen LogP contribution in [0.1, 0.15) is 46.3 Å². The number of rotatable bonds is 4. The third-order valence-electron chi connectivity index (χ3n) is 4.89. The van der Waals surface area contributed by atoms with E-state index in [4.69, 9.17) is 9.26 Å². The van der Waals surface area contributed by atoms with Gasteiger partial charge in [0.05, 0.1) is 13.2 Å². The molecule has 26 heavy (non-hydrogen) atoms. The number of piperazine rings is 1. The number of hydrogen-bond acceptors (Lipinski definition) is 6. The molecule has 1 amide bonds. The van der Waals surface area contributed by atoms with Crippen molar-refractivity contribution in [3.63, 3.8) is 0 Å². The van der Waals surface area contributed by atoms with E-state index < -0.39 is 12.0 Å². The predicted molar refractivity (Wildman–Crippen MR) is 96.3 cm³/mol. The van der Waals surface area contributed by atoms with Gasteiger partial charge in [0.2, 0.25) is 0 Å². The zero-order valence-electron chi connectivity index (χ0n) is 16.4. The summed E-state index contributed by atoms with van der Waals surface area (Å²) in [7, 11) is 1.36. The minimum atomic E-state index is -0.907. The van der Waals surface area contributed by atoms with E-state index in [9.17, 15) is 14.7 Å². The summed E-state index contributed by atoms with van der Waals surface area (Å²) in [6.07, 6.45) is -0.907. The van der Waals surface area contributed by atoms with Crippen LogP contribution in [-0.4, -0.2) is 60.0 Å². The fourth-order valence-electron chi connectivity index (χ4n) is 3.38. The second-order valence-corrected chi connectivity index (χ2v) is 8.14. The van der Waals surface area contributed by atoms with Gasteiger partial charge >= 0.3 is 12.1 Å². The molecule has 2 rings (SSSR count). The van der Waals surface area contributed by atoms with E-state index in [0.29, 0.717) is 31.2 Å². The van der Waals surface area contributed by atoms with Gasteiger partial charge in [-0.3, -0.25) is 4.79 Å². The largest absolute Gasteiger partial charge is 0.468 e. The number of nitrogens with zero attached hydrogens (tertiary/aromatic N) is 3. The Labute approximate surface area is 154 Å². The Morgan fingerprint density at radius 2 is 2.00 bits per heavy atom. The number of methoxy groups -OCH3 is 1. The maximum absolute atomic E-state index is 12.0. The van der Waals surface area contributed by atoms with Gasteiger partial charge in [-0.15, -0.1) is 0 Å². The molecule has 0 bridgehead atoms. The summed E-state index contributed by atoms with van der Waals surface area (Å²) >= 11 is 0. The molecule has 0 aliphatic carbocycles. The summed E-state index contributed by atoms with van der Waals surface area (Å²) in [5, 5.41) is 13.6. The first-order valence-corrected chi connectivity index (χ1v) is 8.85. The molecule has 1 aromatic rings. The maximum atomic E-state index is 12.0. The zero-order chi connectivity index (χ0) is 19.6. The van der Waals surface area contributed by atoms with E-state index >= 15 is 0 Å². The lowest BCUT2D eigenvalue weighted by Gasteiger charge is -2.45. The van der Waals surface area contributed by atoms with Crippen LogP contribution in [0.4, 0.5) is 10.6 Å². The van der Waals surface area contributed by atoms with Gasteiger partial charge in [0.25, 0.3) is 0 Å². The Balaban J connectivity index is 2.23. The van der Waals surface area contributed by atoms with Crippen molar-refractivity contribution in [2.24, 2.45) is 11.3 Å². The van der Waals surface area contributed by atoms with Crippen LogP contribution in [0.15, 0.2) is 10.6 Å². The predicted octanol–water partition coefficient (Wildman–Crippen LogP) is 2.80. The van der Waals surface area contributed by atoms with Crippen molar-refractivity contribution in [3.05, 3.63) is 11.8 Å². The molecule has 8 heteroatoms. The van der Waals surface area contributed by atoms with Crippen LogP contribution in [0.2, 0.25) is 0 Å². The number of hydrogen-bond donors (Lipinski definition) is 1. The number of esters is 1. The normalized spacial score (nSPS) is 19.6. The second-order valence-electron chi connectivity index (χ2n) is 8.14. The smallest absolute Gasteiger partial charge is 0.407 e. The number of ether oxygens (including phenoxy) is 1. The summed E-state index contributed by atoms with van der Waals surface area (Å²) < 4.78 is 10.3. The molecule has 2 unspecified atom stereocenters. The molecule has 1 aromatic heterocycles. The number of aromatic nitrogens is 1. The monoisotopic (exact) mass is 367 g/mol. The van der Waals surface area contributed by atoms with Crippen molar-refractivity contribution >= 4 is 17.9 Å². The van der Waals surface area contributed by atoms with Crippen LogP contribution in [0.25, 0.3) is 0 Å². The summed E-state index contributed by atoms with van der Waals surface area (Å²) in [4.78, 5) is 27.1. The third-order valence-corrected chi connectivity index (χ3v) is 4.89. The molecule has 2 heterocycles. The number of carboxylic acid groups (broad SMARTS) is 1. The van der Waals surface area contributed by atoms with Crippen molar-refractivity contribution in [1.29, 1.82) is 0 Å². The standard InChI is InChI=1S/C18H29N3O5/c1-11(2)15(16(22)25-6)12-9-14(19-26-12)20-7-8-21(17(23)24)13(10-20)18(3,4)5/h9,11,13,15H,7-8,10H2,1-6H3,(H,23,24). The molecule has 0 spiro atoms. The molecule has 1 aliphatic heterocycles. The average molecular weight is 367 g/mol. The van der Waals surface area contributed by atoms with Gasteiger partial charge in [0.15, 0.2) is 11.6 Å². The molecule has 2 atom stereocenters. The Bertz CT molecular complexity index is 649. The van der Waals surface area contributed by atoms with Crippen molar-refractivity contribution in [2.45, 2.75) is 46.6 Å². The molecule has 1 N–H and O–H groups in total. The highest BCUT2D eigenvalue weighted by Crippen LogP contribution is 2.32.